The van der Waals surface area contributed by atoms with Crippen molar-refractivity contribution in [2.75, 3.05) is 13.1 Å². The molecule has 0 aromatic carbocycles. The highest BCUT2D eigenvalue weighted by Crippen LogP contribution is 2.32. The summed E-state index contributed by atoms with van der Waals surface area (Å²) in [6.07, 6.45) is 7.42. The first-order valence-corrected chi connectivity index (χ1v) is 5.59. The van der Waals surface area contributed by atoms with Gasteiger partial charge < -0.3 is 5.32 Å². The molecule has 0 bridgehead atoms. The first kappa shape index (κ1) is 9.20. The Bertz CT molecular complexity index is 187. The molecule has 2 aliphatic rings. The van der Waals surface area contributed by atoms with E-state index in [1.807, 2.05) is 0 Å². The van der Waals surface area contributed by atoms with Gasteiger partial charge >= 0.3 is 0 Å². The molecule has 74 valence electrons. The Hall–Kier alpha value is -0.370. The molecule has 1 saturated carbocycles. The first-order chi connectivity index (χ1) is 6.36. The zero-order valence-electron chi connectivity index (χ0n) is 8.22. The molecule has 0 aromatic rings. The summed E-state index contributed by atoms with van der Waals surface area (Å²) in [5.41, 5.74) is 0. The average molecular weight is 181 g/mol. The number of Topliss-reactive ketones (excluding diaryl/α,β-unsaturated/α-hetero) is 1. The van der Waals surface area contributed by atoms with Crippen LogP contribution in [0.4, 0.5) is 0 Å². The van der Waals surface area contributed by atoms with E-state index < -0.39 is 0 Å². The molecule has 2 heteroatoms. The second kappa shape index (κ2) is 4.23. The van der Waals surface area contributed by atoms with Crippen molar-refractivity contribution < 1.29 is 4.79 Å². The summed E-state index contributed by atoms with van der Waals surface area (Å²) in [7, 11) is 0. The second-order valence-corrected chi connectivity index (χ2v) is 4.49. The Morgan fingerprint density at radius 3 is 2.77 bits per heavy atom. The van der Waals surface area contributed by atoms with E-state index in [0.717, 1.165) is 31.8 Å². The monoisotopic (exact) mass is 181 g/mol. The van der Waals surface area contributed by atoms with Crippen LogP contribution < -0.4 is 5.32 Å². The molecule has 1 aliphatic carbocycles. The molecule has 1 atom stereocenters. The zero-order chi connectivity index (χ0) is 9.10. The standard InChI is InChI=1S/C11H19NO/c13-11-6-7-12-8-10(11)5-4-9-2-1-3-9/h9-10,12H,1-8H2. The largest absolute Gasteiger partial charge is 0.316 e. The number of carbonyl (C=O) groups excluding carboxylic acids is 1. The minimum absolute atomic E-state index is 0.342. The van der Waals surface area contributed by atoms with E-state index in [9.17, 15) is 4.79 Å². The van der Waals surface area contributed by atoms with Gasteiger partial charge in [0, 0.05) is 25.4 Å². The van der Waals surface area contributed by atoms with Crippen LogP contribution in [0.1, 0.15) is 38.5 Å². The van der Waals surface area contributed by atoms with Crippen molar-refractivity contribution in [3.8, 4) is 0 Å². The third-order valence-corrected chi connectivity index (χ3v) is 3.54. The second-order valence-electron chi connectivity index (χ2n) is 4.49. The van der Waals surface area contributed by atoms with Gasteiger partial charge in [-0.1, -0.05) is 19.3 Å². The Morgan fingerprint density at radius 1 is 1.31 bits per heavy atom. The molecule has 0 spiro atoms. The lowest BCUT2D eigenvalue weighted by Gasteiger charge is -2.28. The molecule has 1 heterocycles. The molecular weight excluding hydrogens is 162 g/mol. The maximum Gasteiger partial charge on any atom is 0.138 e. The van der Waals surface area contributed by atoms with E-state index in [1.54, 1.807) is 0 Å². The predicted octanol–water partition coefficient (Wildman–Crippen LogP) is 1.75. The van der Waals surface area contributed by atoms with E-state index >= 15 is 0 Å². The quantitative estimate of drug-likeness (QED) is 0.718. The molecule has 1 aliphatic heterocycles. The molecule has 0 aromatic heterocycles. The number of rotatable bonds is 3. The molecule has 1 unspecified atom stereocenters. The summed E-state index contributed by atoms with van der Waals surface area (Å²) in [6, 6.07) is 0. The fraction of sp³-hybridized carbons (Fsp3) is 0.909. The van der Waals surface area contributed by atoms with Gasteiger partial charge in [-0.25, -0.2) is 0 Å². The Morgan fingerprint density at radius 2 is 2.15 bits per heavy atom. The van der Waals surface area contributed by atoms with Crippen LogP contribution >= 0.6 is 0 Å². The van der Waals surface area contributed by atoms with Gasteiger partial charge in [0.1, 0.15) is 5.78 Å². The van der Waals surface area contributed by atoms with Crippen molar-refractivity contribution in [3.63, 3.8) is 0 Å². The van der Waals surface area contributed by atoms with Gasteiger partial charge in [-0.15, -0.1) is 0 Å². The summed E-state index contributed by atoms with van der Waals surface area (Å²) >= 11 is 0. The van der Waals surface area contributed by atoms with Gasteiger partial charge in [0.15, 0.2) is 0 Å². The van der Waals surface area contributed by atoms with E-state index in [-0.39, 0.29) is 0 Å². The van der Waals surface area contributed by atoms with Crippen LogP contribution in [0.3, 0.4) is 0 Å². The van der Waals surface area contributed by atoms with Gasteiger partial charge in [0.05, 0.1) is 0 Å². The lowest BCUT2D eigenvalue weighted by atomic mass is 9.79. The number of hydrogen-bond acceptors (Lipinski definition) is 2. The number of carbonyl (C=O) groups is 1. The number of piperidine rings is 1. The van der Waals surface area contributed by atoms with Crippen molar-refractivity contribution in [1.82, 2.24) is 5.32 Å². The van der Waals surface area contributed by atoms with Crippen molar-refractivity contribution in [2.45, 2.75) is 38.5 Å². The van der Waals surface area contributed by atoms with Crippen LogP contribution in [-0.2, 0) is 4.79 Å². The maximum absolute atomic E-state index is 11.5. The SMILES string of the molecule is O=C1CCNCC1CCC1CCC1. The number of nitrogens with one attached hydrogen (secondary N) is 1. The van der Waals surface area contributed by atoms with Gasteiger partial charge in [0.25, 0.3) is 0 Å². The molecule has 2 fully saturated rings. The minimum atomic E-state index is 0.342. The summed E-state index contributed by atoms with van der Waals surface area (Å²) in [5, 5.41) is 3.30. The summed E-state index contributed by atoms with van der Waals surface area (Å²) in [6.45, 7) is 1.84. The fourth-order valence-electron chi connectivity index (χ4n) is 2.29. The molecule has 13 heavy (non-hydrogen) atoms. The van der Waals surface area contributed by atoms with Crippen LogP contribution in [0.2, 0.25) is 0 Å². The van der Waals surface area contributed by atoms with Crippen LogP contribution in [0.5, 0.6) is 0 Å². The van der Waals surface area contributed by atoms with Gasteiger partial charge in [-0.2, -0.15) is 0 Å². The fourth-order valence-corrected chi connectivity index (χ4v) is 2.29. The maximum atomic E-state index is 11.5. The van der Waals surface area contributed by atoms with Crippen molar-refractivity contribution >= 4 is 5.78 Å². The molecule has 1 N–H and O–H groups in total. The van der Waals surface area contributed by atoms with Crippen LogP contribution in [0.15, 0.2) is 0 Å². The van der Waals surface area contributed by atoms with E-state index in [2.05, 4.69) is 5.32 Å². The topological polar surface area (TPSA) is 29.1 Å². The third kappa shape index (κ3) is 2.31. The molecule has 1 saturated heterocycles. The smallest absolute Gasteiger partial charge is 0.138 e. The number of ketones is 1. The Balaban J connectivity index is 1.69. The molecular formula is C11H19NO. The lowest BCUT2D eigenvalue weighted by Crippen LogP contribution is -2.37. The Labute approximate surface area is 80.1 Å². The molecule has 2 rings (SSSR count). The Kier molecular flexibility index (Phi) is 2.99. The number of hydrogen-bond donors (Lipinski definition) is 1. The van der Waals surface area contributed by atoms with E-state index in [4.69, 9.17) is 0 Å². The summed E-state index contributed by atoms with van der Waals surface area (Å²) in [4.78, 5) is 11.5. The van der Waals surface area contributed by atoms with Gasteiger partial charge in [-0.3, -0.25) is 4.79 Å². The first-order valence-electron chi connectivity index (χ1n) is 5.59. The van der Waals surface area contributed by atoms with Crippen LogP contribution in [-0.4, -0.2) is 18.9 Å². The molecule has 0 amide bonds. The van der Waals surface area contributed by atoms with E-state index in [1.165, 1.54) is 25.7 Å². The highest BCUT2D eigenvalue weighted by atomic mass is 16.1. The highest BCUT2D eigenvalue weighted by molar-refractivity contribution is 5.82. The normalized spacial score (nSPS) is 30.2. The van der Waals surface area contributed by atoms with E-state index in [0.29, 0.717) is 11.7 Å². The van der Waals surface area contributed by atoms with Crippen molar-refractivity contribution in [1.29, 1.82) is 0 Å². The third-order valence-electron chi connectivity index (χ3n) is 3.54. The summed E-state index contributed by atoms with van der Waals surface area (Å²) < 4.78 is 0. The van der Waals surface area contributed by atoms with Crippen LogP contribution in [0.25, 0.3) is 0 Å². The summed E-state index contributed by atoms with van der Waals surface area (Å²) in [5.74, 6) is 1.79. The minimum Gasteiger partial charge on any atom is -0.316 e. The van der Waals surface area contributed by atoms with Gasteiger partial charge in [0.2, 0.25) is 0 Å². The van der Waals surface area contributed by atoms with Crippen molar-refractivity contribution in [3.05, 3.63) is 0 Å². The van der Waals surface area contributed by atoms with Gasteiger partial charge in [-0.05, 0) is 18.8 Å². The predicted molar refractivity (Wildman–Crippen MR) is 52.6 cm³/mol. The average Bonchev–Trinajstić information content (AvgIpc) is 2.05. The van der Waals surface area contributed by atoms with Crippen molar-refractivity contribution in [2.24, 2.45) is 11.8 Å². The van der Waals surface area contributed by atoms with Crippen LogP contribution in [0, 0.1) is 11.8 Å². The highest BCUT2D eigenvalue weighted by Gasteiger charge is 2.24. The molecule has 2 nitrogen and oxygen atoms in total. The zero-order valence-corrected chi connectivity index (χ0v) is 8.22. The molecule has 0 radical (unpaired) electrons. The lowest BCUT2D eigenvalue weighted by molar-refractivity contribution is -0.124.